The topological polar surface area (TPSA) is 56.7 Å². The first-order valence-electron chi connectivity index (χ1n) is 8.97. The lowest BCUT2D eigenvalue weighted by molar-refractivity contribution is -0.129. The van der Waals surface area contributed by atoms with Crippen LogP contribution in [0.2, 0.25) is 0 Å². The number of rotatable bonds is 6. The molecular weight excluding hydrogens is 300 g/mol. The summed E-state index contributed by atoms with van der Waals surface area (Å²) in [6, 6.07) is 10.9. The molecule has 0 spiro atoms. The summed E-state index contributed by atoms with van der Waals surface area (Å²) in [4.78, 5) is 18.0. The normalized spacial score (nSPS) is 19.2. The van der Waals surface area contributed by atoms with Gasteiger partial charge in [-0.2, -0.15) is 0 Å². The van der Waals surface area contributed by atoms with Crippen LogP contribution < -0.4 is 10.6 Å². The van der Waals surface area contributed by atoms with Crippen LogP contribution in [-0.4, -0.2) is 49.5 Å². The molecular formula is C19H30N4O. The summed E-state index contributed by atoms with van der Waals surface area (Å²) in [7, 11) is 1.79. The zero-order chi connectivity index (χ0) is 17.4. The van der Waals surface area contributed by atoms with Gasteiger partial charge in [0.2, 0.25) is 5.91 Å². The van der Waals surface area contributed by atoms with Gasteiger partial charge < -0.3 is 15.5 Å². The Hall–Kier alpha value is -2.04. The minimum atomic E-state index is 0.234. The van der Waals surface area contributed by atoms with Gasteiger partial charge in [-0.15, -0.1) is 0 Å². The zero-order valence-electron chi connectivity index (χ0n) is 15.1. The fourth-order valence-electron chi connectivity index (χ4n) is 3.16. The molecule has 132 valence electrons. The molecule has 0 saturated carbocycles. The van der Waals surface area contributed by atoms with E-state index in [1.807, 2.05) is 17.9 Å². The molecule has 1 heterocycles. The van der Waals surface area contributed by atoms with E-state index in [1.54, 1.807) is 7.05 Å². The molecule has 1 aliphatic heterocycles. The van der Waals surface area contributed by atoms with Gasteiger partial charge in [-0.3, -0.25) is 9.79 Å². The van der Waals surface area contributed by atoms with Crippen LogP contribution >= 0.6 is 0 Å². The predicted molar refractivity (Wildman–Crippen MR) is 99.2 cm³/mol. The van der Waals surface area contributed by atoms with Crippen molar-refractivity contribution in [1.82, 2.24) is 15.5 Å². The van der Waals surface area contributed by atoms with E-state index >= 15 is 0 Å². The van der Waals surface area contributed by atoms with Crippen molar-refractivity contribution < 1.29 is 4.79 Å². The Balaban J connectivity index is 1.83. The number of carbonyl (C=O) groups is 1. The van der Waals surface area contributed by atoms with Crippen molar-refractivity contribution >= 4 is 11.9 Å². The maximum Gasteiger partial charge on any atom is 0.222 e. The monoisotopic (exact) mass is 330 g/mol. The molecule has 2 N–H and O–H groups in total. The Morgan fingerprint density at radius 2 is 2.08 bits per heavy atom. The Kier molecular flexibility index (Phi) is 7.09. The molecule has 5 nitrogen and oxygen atoms in total. The SMILES string of the molecule is CCC(=O)N1CCC(NC(=NC)NCC(CC)c2ccccc2)C1. The first-order valence-corrected chi connectivity index (χ1v) is 8.97. The summed E-state index contributed by atoms with van der Waals surface area (Å²) in [5, 5.41) is 6.89. The van der Waals surface area contributed by atoms with E-state index in [-0.39, 0.29) is 11.9 Å². The number of carbonyl (C=O) groups excluding carboxylic acids is 1. The second-order valence-corrected chi connectivity index (χ2v) is 6.29. The third-order valence-electron chi connectivity index (χ3n) is 4.69. The largest absolute Gasteiger partial charge is 0.356 e. The number of nitrogens with zero attached hydrogens (tertiary/aromatic N) is 2. The van der Waals surface area contributed by atoms with E-state index < -0.39 is 0 Å². The highest BCUT2D eigenvalue weighted by atomic mass is 16.2. The summed E-state index contributed by atoms with van der Waals surface area (Å²) >= 11 is 0. The fraction of sp³-hybridized carbons (Fsp3) is 0.579. The maximum atomic E-state index is 11.8. The maximum absolute atomic E-state index is 11.8. The van der Waals surface area contributed by atoms with Gasteiger partial charge >= 0.3 is 0 Å². The molecule has 1 saturated heterocycles. The minimum Gasteiger partial charge on any atom is -0.356 e. The predicted octanol–water partition coefficient (Wildman–Crippen LogP) is 2.36. The molecule has 1 aliphatic rings. The van der Waals surface area contributed by atoms with Gasteiger partial charge in [0.15, 0.2) is 5.96 Å². The molecule has 0 aromatic heterocycles. The second kappa shape index (κ2) is 9.30. The van der Waals surface area contributed by atoms with Gasteiger partial charge in [0.1, 0.15) is 0 Å². The van der Waals surface area contributed by atoms with E-state index in [9.17, 15) is 4.79 Å². The number of guanidine groups is 1. The molecule has 1 amide bonds. The van der Waals surface area contributed by atoms with Crippen molar-refractivity contribution in [2.24, 2.45) is 4.99 Å². The van der Waals surface area contributed by atoms with Crippen molar-refractivity contribution in [1.29, 1.82) is 0 Å². The van der Waals surface area contributed by atoms with Crippen molar-refractivity contribution in [3.63, 3.8) is 0 Å². The first kappa shape index (κ1) is 18.3. The number of nitrogens with one attached hydrogen (secondary N) is 2. The van der Waals surface area contributed by atoms with Gasteiger partial charge in [0, 0.05) is 45.1 Å². The van der Waals surface area contributed by atoms with Gasteiger partial charge in [0.05, 0.1) is 0 Å². The Morgan fingerprint density at radius 3 is 2.71 bits per heavy atom. The smallest absolute Gasteiger partial charge is 0.222 e. The van der Waals surface area contributed by atoms with Crippen molar-refractivity contribution in [3.8, 4) is 0 Å². The number of aliphatic imine (C=N–C) groups is 1. The van der Waals surface area contributed by atoms with Crippen LogP contribution in [0.3, 0.4) is 0 Å². The van der Waals surface area contributed by atoms with Gasteiger partial charge in [0.25, 0.3) is 0 Å². The van der Waals surface area contributed by atoms with E-state index in [1.165, 1.54) is 5.56 Å². The van der Waals surface area contributed by atoms with E-state index in [4.69, 9.17) is 0 Å². The first-order chi connectivity index (χ1) is 11.7. The number of hydrogen-bond acceptors (Lipinski definition) is 2. The molecule has 1 fully saturated rings. The van der Waals surface area contributed by atoms with Crippen LogP contribution in [-0.2, 0) is 4.79 Å². The van der Waals surface area contributed by atoms with Gasteiger partial charge in [-0.1, -0.05) is 44.2 Å². The molecule has 0 aliphatic carbocycles. The van der Waals surface area contributed by atoms with Crippen molar-refractivity contribution in [3.05, 3.63) is 35.9 Å². The molecule has 2 rings (SSSR count). The average Bonchev–Trinajstić information content (AvgIpc) is 3.10. The average molecular weight is 330 g/mol. The number of likely N-dealkylation sites (tertiary alicyclic amines) is 1. The van der Waals surface area contributed by atoms with Gasteiger partial charge in [-0.05, 0) is 18.4 Å². The third kappa shape index (κ3) is 4.98. The zero-order valence-corrected chi connectivity index (χ0v) is 15.1. The fourth-order valence-corrected chi connectivity index (χ4v) is 3.16. The molecule has 0 bridgehead atoms. The highest BCUT2D eigenvalue weighted by molar-refractivity contribution is 5.80. The van der Waals surface area contributed by atoms with Crippen molar-refractivity contribution in [2.45, 2.75) is 45.1 Å². The third-order valence-corrected chi connectivity index (χ3v) is 4.69. The lowest BCUT2D eigenvalue weighted by Gasteiger charge is -2.21. The Morgan fingerprint density at radius 1 is 1.33 bits per heavy atom. The highest BCUT2D eigenvalue weighted by Crippen LogP contribution is 2.18. The number of amides is 1. The molecule has 0 radical (unpaired) electrons. The highest BCUT2D eigenvalue weighted by Gasteiger charge is 2.25. The van der Waals surface area contributed by atoms with Crippen LogP contribution in [0.25, 0.3) is 0 Å². The van der Waals surface area contributed by atoms with E-state index in [2.05, 4.69) is 46.8 Å². The quantitative estimate of drug-likeness (QED) is 0.622. The summed E-state index contributed by atoms with van der Waals surface area (Å²) in [5.41, 5.74) is 1.35. The Labute approximate surface area is 145 Å². The molecule has 2 unspecified atom stereocenters. The second-order valence-electron chi connectivity index (χ2n) is 6.29. The van der Waals surface area contributed by atoms with Crippen LogP contribution in [0.4, 0.5) is 0 Å². The number of hydrogen-bond donors (Lipinski definition) is 2. The van der Waals surface area contributed by atoms with Crippen LogP contribution in [0.5, 0.6) is 0 Å². The van der Waals surface area contributed by atoms with E-state index in [0.717, 1.165) is 38.4 Å². The summed E-state index contributed by atoms with van der Waals surface area (Å²) in [6.45, 7) is 6.58. The number of benzene rings is 1. The lowest BCUT2D eigenvalue weighted by atomic mass is 9.97. The molecule has 2 atom stereocenters. The van der Waals surface area contributed by atoms with Crippen LogP contribution in [0.1, 0.15) is 44.6 Å². The lowest BCUT2D eigenvalue weighted by Crippen LogP contribution is -2.46. The van der Waals surface area contributed by atoms with Crippen molar-refractivity contribution in [2.75, 3.05) is 26.7 Å². The van der Waals surface area contributed by atoms with E-state index in [0.29, 0.717) is 12.3 Å². The summed E-state index contributed by atoms with van der Waals surface area (Å²) in [6.07, 6.45) is 2.63. The van der Waals surface area contributed by atoms with Crippen LogP contribution in [0, 0.1) is 0 Å². The molecule has 24 heavy (non-hydrogen) atoms. The molecule has 5 heteroatoms. The van der Waals surface area contributed by atoms with Crippen LogP contribution in [0.15, 0.2) is 35.3 Å². The van der Waals surface area contributed by atoms with Gasteiger partial charge in [-0.25, -0.2) is 0 Å². The molecule has 1 aromatic rings. The Bertz CT molecular complexity index is 544. The minimum absolute atomic E-state index is 0.234. The molecule has 1 aromatic carbocycles. The summed E-state index contributed by atoms with van der Waals surface area (Å²) < 4.78 is 0. The standard InChI is InChI=1S/C19H30N4O/c1-4-15(16-9-7-6-8-10-16)13-21-19(20-3)22-17-11-12-23(14-17)18(24)5-2/h6-10,15,17H,4-5,11-14H2,1-3H3,(H2,20,21,22). The summed E-state index contributed by atoms with van der Waals surface area (Å²) in [5.74, 6) is 1.52.